The molecule has 1 aliphatic carbocycles. The molecule has 0 amide bonds. The predicted octanol–water partition coefficient (Wildman–Crippen LogP) is 2.54. The summed E-state index contributed by atoms with van der Waals surface area (Å²) in [6.45, 7) is -0.225. The van der Waals surface area contributed by atoms with E-state index in [-0.39, 0.29) is 18.3 Å². The molecule has 2 N–H and O–H groups in total. The van der Waals surface area contributed by atoms with Crippen molar-refractivity contribution in [2.45, 2.75) is 38.4 Å². The van der Waals surface area contributed by atoms with Gasteiger partial charge in [0.05, 0.1) is 12.7 Å². The van der Waals surface area contributed by atoms with Gasteiger partial charge < -0.3 is 10.2 Å². The highest BCUT2D eigenvalue weighted by Gasteiger charge is 2.25. The molecule has 1 aromatic rings. The molecule has 0 bridgehead atoms. The third-order valence-electron chi connectivity index (χ3n) is 3.44. The van der Waals surface area contributed by atoms with E-state index in [1.54, 1.807) is 6.07 Å². The Morgan fingerprint density at radius 2 is 2.00 bits per heavy atom. The lowest BCUT2D eigenvalue weighted by Gasteiger charge is -2.20. The molecule has 0 heterocycles. The molecule has 2 nitrogen and oxygen atoms in total. The van der Waals surface area contributed by atoms with E-state index in [2.05, 4.69) is 0 Å². The first kappa shape index (κ1) is 11.6. The molecule has 0 radical (unpaired) electrons. The molecule has 2 rings (SSSR count). The number of aliphatic hydroxyl groups is 2. The van der Waals surface area contributed by atoms with Crippen molar-refractivity contribution in [3.63, 3.8) is 0 Å². The van der Waals surface area contributed by atoms with E-state index in [1.807, 2.05) is 0 Å². The standard InChI is InChI=1S/C13H17FO2/c14-11-5-6-12(10(7-11)8-15)13(16)9-3-1-2-4-9/h5-7,9,13,15-16H,1-4,8H2. The Morgan fingerprint density at radius 3 is 2.62 bits per heavy atom. The van der Waals surface area contributed by atoms with Gasteiger partial charge >= 0.3 is 0 Å². The maximum absolute atomic E-state index is 13.0. The minimum absolute atomic E-state index is 0.225. The average Bonchev–Trinajstić information content (AvgIpc) is 2.81. The van der Waals surface area contributed by atoms with E-state index >= 15 is 0 Å². The Kier molecular flexibility index (Phi) is 3.56. The largest absolute Gasteiger partial charge is 0.392 e. The van der Waals surface area contributed by atoms with Gasteiger partial charge in [0, 0.05) is 0 Å². The molecular weight excluding hydrogens is 207 g/mol. The van der Waals surface area contributed by atoms with Crippen molar-refractivity contribution in [2.24, 2.45) is 5.92 Å². The van der Waals surface area contributed by atoms with Crippen molar-refractivity contribution in [3.8, 4) is 0 Å². The third kappa shape index (κ3) is 2.25. The maximum Gasteiger partial charge on any atom is 0.123 e. The topological polar surface area (TPSA) is 40.5 Å². The van der Waals surface area contributed by atoms with Crippen LogP contribution < -0.4 is 0 Å². The van der Waals surface area contributed by atoms with Crippen LogP contribution in [0.5, 0.6) is 0 Å². The minimum atomic E-state index is -0.565. The van der Waals surface area contributed by atoms with Gasteiger partial charge in [-0.15, -0.1) is 0 Å². The van der Waals surface area contributed by atoms with Crippen LogP contribution in [0.4, 0.5) is 4.39 Å². The second-order valence-electron chi connectivity index (χ2n) is 4.49. The molecule has 0 aromatic heterocycles. The first-order valence-electron chi connectivity index (χ1n) is 5.79. The molecule has 1 unspecified atom stereocenters. The summed E-state index contributed by atoms with van der Waals surface area (Å²) >= 11 is 0. The first-order valence-corrected chi connectivity index (χ1v) is 5.79. The van der Waals surface area contributed by atoms with E-state index in [1.165, 1.54) is 12.1 Å². The fourth-order valence-corrected chi connectivity index (χ4v) is 2.53. The zero-order valence-electron chi connectivity index (χ0n) is 9.19. The van der Waals surface area contributed by atoms with Crippen LogP contribution in [-0.2, 0) is 6.61 Å². The molecule has 0 saturated heterocycles. The Bertz CT molecular complexity index is 359. The smallest absolute Gasteiger partial charge is 0.123 e. The number of aliphatic hydroxyl groups excluding tert-OH is 2. The highest BCUT2D eigenvalue weighted by molar-refractivity contribution is 5.29. The molecule has 3 heteroatoms. The molecule has 1 atom stereocenters. The van der Waals surface area contributed by atoms with Crippen molar-refractivity contribution in [3.05, 3.63) is 35.1 Å². The normalized spacial score (nSPS) is 18.9. The second kappa shape index (κ2) is 4.93. The first-order chi connectivity index (χ1) is 7.72. The molecule has 1 aromatic carbocycles. The summed E-state index contributed by atoms with van der Waals surface area (Å²) in [5, 5.41) is 19.3. The molecule has 1 fully saturated rings. The van der Waals surface area contributed by atoms with Crippen LogP contribution in [0.2, 0.25) is 0 Å². The van der Waals surface area contributed by atoms with Crippen molar-refractivity contribution >= 4 is 0 Å². The summed E-state index contributed by atoms with van der Waals surface area (Å²) in [4.78, 5) is 0. The van der Waals surface area contributed by atoms with Gasteiger partial charge in [-0.05, 0) is 42.0 Å². The van der Waals surface area contributed by atoms with E-state index in [4.69, 9.17) is 5.11 Å². The molecule has 16 heavy (non-hydrogen) atoms. The summed E-state index contributed by atoms with van der Waals surface area (Å²) in [5.41, 5.74) is 1.18. The second-order valence-corrected chi connectivity index (χ2v) is 4.49. The quantitative estimate of drug-likeness (QED) is 0.828. The van der Waals surface area contributed by atoms with Gasteiger partial charge in [0.2, 0.25) is 0 Å². The number of hydrogen-bond acceptors (Lipinski definition) is 2. The van der Waals surface area contributed by atoms with Crippen molar-refractivity contribution < 1.29 is 14.6 Å². The summed E-state index contributed by atoms with van der Waals surface area (Å²) in [5.74, 6) is -0.109. The zero-order chi connectivity index (χ0) is 11.5. The summed E-state index contributed by atoms with van der Waals surface area (Å²) < 4.78 is 13.0. The molecule has 88 valence electrons. The molecule has 1 aliphatic rings. The van der Waals surface area contributed by atoms with Crippen LogP contribution in [0.3, 0.4) is 0 Å². The Morgan fingerprint density at radius 1 is 1.31 bits per heavy atom. The Hall–Kier alpha value is -0.930. The van der Waals surface area contributed by atoms with Gasteiger partial charge in [0.15, 0.2) is 0 Å². The molecule has 0 spiro atoms. The number of benzene rings is 1. The van der Waals surface area contributed by atoms with Gasteiger partial charge in [0.25, 0.3) is 0 Å². The monoisotopic (exact) mass is 224 g/mol. The van der Waals surface area contributed by atoms with Crippen LogP contribution in [-0.4, -0.2) is 10.2 Å². The van der Waals surface area contributed by atoms with Crippen molar-refractivity contribution in [1.82, 2.24) is 0 Å². The fourth-order valence-electron chi connectivity index (χ4n) is 2.53. The SMILES string of the molecule is OCc1cc(F)ccc1C(O)C1CCCC1. The van der Waals surface area contributed by atoms with Gasteiger partial charge in [-0.3, -0.25) is 0 Å². The summed E-state index contributed by atoms with van der Waals surface area (Å²) in [7, 11) is 0. The fraction of sp³-hybridized carbons (Fsp3) is 0.538. The van der Waals surface area contributed by atoms with E-state index in [0.717, 1.165) is 25.7 Å². The summed E-state index contributed by atoms with van der Waals surface area (Å²) in [6.07, 6.45) is 3.77. The number of rotatable bonds is 3. The van der Waals surface area contributed by atoms with Crippen LogP contribution in [0.1, 0.15) is 42.9 Å². The Balaban J connectivity index is 2.24. The lowest BCUT2D eigenvalue weighted by molar-refractivity contribution is 0.109. The van der Waals surface area contributed by atoms with Crippen molar-refractivity contribution in [2.75, 3.05) is 0 Å². The van der Waals surface area contributed by atoms with Crippen molar-refractivity contribution in [1.29, 1.82) is 0 Å². The molecule has 1 saturated carbocycles. The van der Waals surface area contributed by atoms with Gasteiger partial charge in [-0.25, -0.2) is 4.39 Å². The molecular formula is C13H17FO2. The van der Waals surface area contributed by atoms with E-state index < -0.39 is 6.10 Å². The van der Waals surface area contributed by atoms with Crippen LogP contribution in [0.25, 0.3) is 0 Å². The van der Waals surface area contributed by atoms with E-state index in [9.17, 15) is 9.50 Å². The lowest BCUT2D eigenvalue weighted by atomic mass is 9.91. The highest BCUT2D eigenvalue weighted by Crippen LogP contribution is 2.36. The lowest BCUT2D eigenvalue weighted by Crippen LogP contribution is -2.11. The highest BCUT2D eigenvalue weighted by atomic mass is 19.1. The van der Waals surface area contributed by atoms with Gasteiger partial charge in [-0.2, -0.15) is 0 Å². The van der Waals surface area contributed by atoms with Crippen LogP contribution in [0.15, 0.2) is 18.2 Å². The van der Waals surface area contributed by atoms with Crippen LogP contribution in [0, 0.1) is 11.7 Å². The van der Waals surface area contributed by atoms with E-state index in [0.29, 0.717) is 11.1 Å². The minimum Gasteiger partial charge on any atom is -0.392 e. The van der Waals surface area contributed by atoms with Gasteiger partial charge in [-0.1, -0.05) is 18.9 Å². The summed E-state index contributed by atoms with van der Waals surface area (Å²) in [6, 6.07) is 4.23. The maximum atomic E-state index is 13.0. The number of hydrogen-bond donors (Lipinski definition) is 2. The Labute approximate surface area is 94.7 Å². The number of halogens is 1. The predicted molar refractivity (Wildman–Crippen MR) is 59.2 cm³/mol. The molecule has 0 aliphatic heterocycles. The average molecular weight is 224 g/mol. The third-order valence-corrected chi connectivity index (χ3v) is 3.44. The van der Waals surface area contributed by atoms with Gasteiger partial charge in [0.1, 0.15) is 5.82 Å². The van der Waals surface area contributed by atoms with Crippen LogP contribution >= 0.6 is 0 Å². The zero-order valence-corrected chi connectivity index (χ0v) is 9.19.